The molecule has 0 bridgehead atoms. The first-order chi connectivity index (χ1) is 15.6. The second-order valence-electron chi connectivity index (χ2n) is 7.96. The van der Waals surface area contributed by atoms with Gasteiger partial charge in [-0.3, -0.25) is 0 Å². The fraction of sp³-hybridized carbons (Fsp3) is 0.304. The summed E-state index contributed by atoms with van der Waals surface area (Å²) in [6.07, 6.45) is -4.75. The van der Waals surface area contributed by atoms with Crippen LogP contribution in [0.3, 0.4) is 0 Å². The van der Waals surface area contributed by atoms with Crippen molar-refractivity contribution in [3.8, 4) is 11.3 Å². The SMILES string of the molecule is Cc1ccc(-c2ccc(N3CCN(S(=O)(=O)c4ccccc4C(F)(F)F)CC3)nn2)cc1C. The zero-order valence-corrected chi connectivity index (χ0v) is 19.0. The van der Waals surface area contributed by atoms with Gasteiger partial charge in [0.1, 0.15) is 0 Å². The molecule has 0 saturated carbocycles. The molecule has 0 aliphatic carbocycles. The highest BCUT2D eigenvalue weighted by Crippen LogP contribution is 2.35. The van der Waals surface area contributed by atoms with Crippen molar-refractivity contribution in [3.63, 3.8) is 0 Å². The van der Waals surface area contributed by atoms with Gasteiger partial charge in [0.15, 0.2) is 5.82 Å². The van der Waals surface area contributed by atoms with Gasteiger partial charge < -0.3 is 4.90 Å². The zero-order chi connectivity index (χ0) is 23.8. The van der Waals surface area contributed by atoms with Crippen LogP contribution in [0.5, 0.6) is 0 Å². The van der Waals surface area contributed by atoms with E-state index in [9.17, 15) is 21.6 Å². The van der Waals surface area contributed by atoms with E-state index in [0.717, 1.165) is 33.3 Å². The second kappa shape index (κ2) is 8.75. The maximum absolute atomic E-state index is 13.3. The monoisotopic (exact) mass is 476 g/mol. The number of piperazine rings is 1. The van der Waals surface area contributed by atoms with Crippen LogP contribution in [-0.2, 0) is 16.2 Å². The van der Waals surface area contributed by atoms with E-state index in [4.69, 9.17) is 0 Å². The average molecular weight is 477 g/mol. The Morgan fingerprint density at radius 3 is 2.15 bits per heavy atom. The van der Waals surface area contributed by atoms with Crippen LogP contribution in [0.25, 0.3) is 11.3 Å². The van der Waals surface area contributed by atoms with E-state index in [1.165, 1.54) is 17.7 Å². The molecule has 33 heavy (non-hydrogen) atoms. The van der Waals surface area contributed by atoms with Gasteiger partial charge >= 0.3 is 6.18 Å². The average Bonchev–Trinajstić information content (AvgIpc) is 2.80. The number of halogens is 3. The topological polar surface area (TPSA) is 66.4 Å². The van der Waals surface area contributed by atoms with Crippen LogP contribution in [0, 0.1) is 13.8 Å². The first-order valence-electron chi connectivity index (χ1n) is 10.4. The van der Waals surface area contributed by atoms with Gasteiger partial charge in [0.25, 0.3) is 0 Å². The number of alkyl halides is 3. The van der Waals surface area contributed by atoms with Crippen molar-refractivity contribution in [2.24, 2.45) is 0 Å². The molecule has 0 spiro atoms. The third-order valence-electron chi connectivity index (χ3n) is 5.83. The van der Waals surface area contributed by atoms with E-state index < -0.39 is 26.7 Å². The van der Waals surface area contributed by atoms with Crippen molar-refractivity contribution in [2.45, 2.75) is 24.9 Å². The molecule has 4 rings (SSSR count). The maximum atomic E-state index is 13.3. The molecule has 0 N–H and O–H groups in total. The Balaban J connectivity index is 1.47. The van der Waals surface area contributed by atoms with Gasteiger partial charge in [0, 0.05) is 31.7 Å². The van der Waals surface area contributed by atoms with E-state index in [2.05, 4.69) is 10.2 Å². The molecule has 0 amide bonds. The van der Waals surface area contributed by atoms with Crippen molar-refractivity contribution < 1.29 is 21.6 Å². The summed E-state index contributed by atoms with van der Waals surface area (Å²) < 4.78 is 66.9. The summed E-state index contributed by atoms with van der Waals surface area (Å²) in [7, 11) is -4.28. The van der Waals surface area contributed by atoms with Gasteiger partial charge in [-0.2, -0.15) is 17.5 Å². The quantitative estimate of drug-likeness (QED) is 0.562. The van der Waals surface area contributed by atoms with Crippen molar-refractivity contribution in [2.75, 3.05) is 31.1 Å². The lowest BCUT2D eigenvalue weighted by molar-refractivity contribution is -0.139. The molecular formula is C23H23F3N4O2S. The number of aryl methyl sites for hydroxylation is 2. The maximum Gasteiger partial charge on any atom is 0.417 e. The van der Waals surface area contributed by atoms with Crippen LogP contribution in [-0.4, -0.2) is 49.1 Å². The lowest BCUT2D eigenvalue weighted by Gasteiger charge is -2.34. The van der Waals surface area contributed by atoms with Gasteiger partial charge in [-0.05, 0) is 55.3 Å². The number of rotatable bonds is 4. The summed E-state index contributed by atoms with van der Waals surface area (Å²) in [5.41, 5.74) is 2.88. The Labute approximate surface area is 190 Å². The van der Waals surface area contributed by atoms with Crippen molar-refractivity contribution in [1.29, 1.82) is 0 Å². The molecular weight excluding hydrogens is 453 g/mol. The molecule has 6 nitrogen and oxygen atoms in total. The number of hydrogen-bond donors (Lipinski definition) is 0. The largest absolute Gasteiger partial charge is 0.417 e. The highest BCUT2D eigenvalue weighted by Gasteiger charge is 2.39. The first kappa shape index (κ1) is 23.2. The molecule has 1 fully saturated rings. The fourth-order valence-corrected chi connectivity index (χ4v) is 5.41. The predicted octanol–water partition coefficient (Wildman–Crippen LogP) is 4.29. The standard InChI is InChI=1S/C23H23F3N4O2S/c1-16-7-8-18(15-17(16)2)20-9-10-22(28-27-20)29-11-13-30(14-12-29)33(31,32)21-6-4-3-5-19(21)23(24,25)26/h3-10,15H,11-14H2,1-2H3. The molecule has 10 heteroatoms. The molecule has 2 aromatic carbocycles. The Morgan fingerprint density at radius 2 is 1.55 bits per heavy atom. The molecule has 1 aromatic heterocycles. The number of hydrogen-bond acceptors (Lipinski definition) is 5. The fourth-order valence-electron chi connectivity index (χ4n) is 3.77. The number of sulfonamides is 1. The first-order valence-corrected chi connectivity index (χ1v) is 11.8. The van der Waals surface area contributed by atoms with E-state index >= 15 is 0 Å². The van der Waals surface area contributed by atoms with Gasteiger partial charge in [-0.25, -0.2) is 8.42 Å². The van der Waals surface area contributed by atoms with Crippen LogP contribution in [0.2, 0.25) is 0 Å². The summed E-state index contributed by atoms with van der Waals surface area (Å²) in [6, 6.07) is 14.0. The Kier molecular flexibility index (Phi) is 6.15. The summed E-state index contributed by atoms with van der Waals surface area (Å²) in [5, 5.41) is 8.58. The van der Waals surface area contributed by atoms with E-state index in [1.807, 2.05) is 49.1 Å². The Hall–Kier alpha value is -2.98. The smallest absolute Gasteiger partial charge is 0.352 e. The summed E-state index contributed by atoms with van der Waals surface area (Å²) in [5.74, 6) is 0.593. The lowest BCUT2D eigenvalue weighted by Crippen LogP contribution is -2.49. The highest BCUT2D eigenvalue weighted by atomic mass is 32.2. The van der Waals surface area contributed by atoms with Crippen LogP contribution in [0.4, 0.5) is 19.0 Å². The minimum Gasteiger partial charge on any atom is -0.352 e. The van der Waals surface area contributed by atoms with Gasteiger partial charge in [0.2, 0.25) is 10.0 Å². The molecule has 3 aromatic rings. The number of nitrogens with zero attached hydrogens (tertiary/aromatic N) is 4. The molecule has 174 valence electrons. The highest BCUT2D eigenvalue weighted by molar-refractivity contribution is 7.89. The zero-order valence-electron chi connectivity index (χ0n) is 18.2. The molecule has 0 atom stereocenters. The minimum atomic E-state index is -4.75. The van der Waals surface area contributed by atoms with Crippen LogP contribution >= 0.6 is 0 Å². The van der Waals surface area contributed by atoms with Crippen molar-refractivity contribution in [1.82, 2.24) is 14.5 Å². The van der Waals surface area contributed by atoms with Crippen molar-refractivity contribution >= 4 is 15.8 Å². The van der Waals surface area contributed by atoms with E-state index in [1.54, 1.807) is 0 Å². The van der Waals surface area contributed by atoms with Gasteiger partial charge in [-0.1, -0.05) is 24.3 Å². The van der Waals surface area contributed by atoms with Crippen LogP contribution < -0.4 is 4.90 Å². The third kappa shape index (κ3) is 4.72. The van der Waals surface area contributed by atoms with Crippen molar-refractivity contribution in [3.05, 3.63) is 71.3 Å². The van der Waals surface area contributed by atoms with Gasteiger partial charge in [0.05, 0.1) is 16.2 Å². The predicted molar refractivity (Wildman–Crippen MR) is 119 cm³/mol. The molecule has 2 heterocycles. The summed E-state index contributed by atoms with van der Waals surface area (Å²) in [4.78, 5) is 1.15. The molecule has 1 aliphatic heterocycles. The minimum absolute atomic E-state index is 0.0507. The normalized spacial score (nSPS) is 15.6. The van der Waals surface area contributed by atoms with Gasteiger partial charge in [-0.15, -0.1) is 10.2 Å². The summed E-state index contributed by atoms with van der Waals surface area (Å²) >= 11 is 0. The molecule has 0 unspecified atom stereocenters. The number of aromatic nitrogens is 2. The number of anilines is 1. The molecule has 0 radical (unpaired) electrons. The van der Waals surface area contributed by atoms with Crippen LogP contribution in [0.15, 0.2) is 59.5 Å². The lowest BCUT2D eigenvalue weighted by atomic mass is 10.0. The molecule has 1 aliphatic rings. The third-order valence-corrected chi connectivity index (χ3v) is 7.78. The molecule has 1 saturated heterocycles. The Morgan fingerprint density at radius 1 is 0.848 bits per heavy atom. The van der Waals surface area contributed by atoms with E-state index in [0.29, 0.717) is 18.9 Å². The Bertz CT molecular complexity index is 1250. The van der Waals surface area contributed by atoms with E-state index in [-0.39, 0.29) is 13.1 Å². The summed E-state index contributed by atoms with van der Waals surface area (Å²) in [6.45, 7) is 4.76. The second-order valence-corrected chi connectivity index (χ2v) is 9.87. The van der Waals surface area contributed by atoms with Crippen LogP contribution in [0.1, 0.15) is 16.7 Å². The number of benzene rings is 2.